The van der Waals surface area contributed by atoms with Crippen molar-refractivity contribution in [1.29, 1.82) is 0 Å². The Morgan fingerprint density at radius 1 is 1.13 bits per heavy atom. The van der Waals surface area contributed by atoms with E-state index in [1.165, 1.54) is 16.8 Å². The smallest absolute Gasteiger partial charge is 0.282 e. The SMILES string of the molecule is Cc1nc2ccc(Br)cc2c(=O)n1N=Cc1ccccc1OCc1ccc(F)cc1. The van der Waals surface area contributed by atoms with Crippen LogP contribution in [-0.2, 0) is 6.61 Å². The van der Waals surface area contributed by atoms with Crippen molar-refractivity contribution in [2.24, 2.45) is 5.10 Å². The molecule has 5 nitrogen and oxygen atoms in total. The third-order valence-electron chi connectivity index (χ3n) is 4.51. The van der Waals surface area contributed by atoms with Crippen LogP contribution >= 0.6 is 15.9 Å². The van der Waals surface area contributed by atoms with Crippen LogP contribution in [-0.4, -0.2) is 15.9 Å². The lowest BCUT2D eigenvalue weighted by Crippen LogP contribution is -2.20. The quantitative estimate of drug-likeness (QED) is 0.386. The molecule has 1 aromatic heterocycles. The van der Waals surface area contributed by atoms with Crippen LogP contribution in [0.3, 0.4) is 0 Å². The molecule has 3 aromatic carbocycles. The third kappa shape index (κ3) is 4.31. The largest absolute Gasteiger partial charge is 0.488 e. The first-order chi connectivity index (χ1) is 14.5. The van der Waals surface area contributed by atoms with Gasteiger partial charge in [0, 0.05) is 10.0 Å². The Morgan fingerprint density at radius 2 is 1.90 bits per heavy atom. The molecule has 0 unspecified atom stereocenters. The molecule has 0 saturated carbocycles. The van der Waals surface area contributed by atoms with Crippen LogP contribution in [0, 0.1) is 12.7 Å². The van der Waals surface area contributed by atoms with Gasteiger partial charge in [-0.2, -0.15) is 9.78 Å². The number of nitrogens with zero attached hydrogens (tertiary/aromatic N) is 3. The zero-order valence-electron chi connectivity index (χ0n) is 16.0. The molecule has 0 bridgehead atoms. The second-order valence-electron chi connectivity index (χ2n) is 6.63. The summed E-state index contributed by atoms with van der Waals surface area (Å²) in [6, 6.07) is 18.9. The summed E-state index contributed by atoms with van der Waals surface area (Å²) in [5.41, 5.74) is 1.93. The molecule has 4 aromatic rings. The van der Waals surface area contributed by atoms with E-state index >= 15 is 0 Å². The number of hydrogen-bond donors (Lipinski definition) is 0. The Balaban J connectivity index is 1.63. The Morgan fingerprint density at radius 3 is 2.70 bits per heavy atom. The lowest BCUT2D eigenvalue weighted by Gasteiger charge is -2.10. The fourth-order valence-electron chi connectivity index (χ4n) is 2.98. The number of benzene rings is 3. The summed E-state index contributed by atoms with van der Waals surface area (Å²) >= 11 is 3.38. The monoisotopic (exact) mass is 465 g/mol. The summed E-state index contributed by atoms with van der Waals surface area (Å²) < 4.78 is 21.0. The van der Waals surface area contributed by atoms with Crippen molar-refractivity contribution in [2.45, 2.75) is 13.5 Å². The van der Waals surface area contributed by atoms with Gasteiger partial charge in [0.1, 0.15) is 24.0 Å². The summed E-state index contributed by atoms with van der Waals surface area (Å²) in [6.07, 6.45) is 1.57. The number of hydrogen-bond acceptors (Lipinski definition) is 4. The Hall–Kier alpha value is -3.32. The Kier molecular flexibility index (Phi) is 5.72. The van der Waals surface area contributed by atoms with Crippen molar-refractivity contribution in [3.05, 3.63) is 104 Å². The standard InChI is InChI=1S/C23H17BrFN3O2/c1-15-27-21-11-8-18(24)12-20(21)23(29)28(15)26-13-17-4-2-3-5-22(17)30-14-16-6-9-19(25)10-7-16/h2-13H,14H2,1H3. The molecule has 0 spiro atoms. The fraction of sp³-hybridized carbons (Fsp3) is 0.0870. The molecular weight excluding hydrogens is 449 g/mol. The van der Waals surface area contributed by atoms with E-state index in [4.69, 9.17) is 4.74 Å². The minimum atomic E-state index is -0.289. The lowest BCUT2D eigenvalue weighted by molar-refractivity contribution is 0.305. The van der Waals surface area contributed by atoms with Crippen LogP contribution in [0.15, 0.2) is 81.1 Å². The summed E-state index contributed by atoms with van der Waals surface area (Å²) in [6.45, 7) is 2.02. The summed E-state index contributed by atoms with van der Waals surface area (Å²) in [5, 5.41) is 4.83. The van der Waals surface area contributed by atoms with Gasteiger partial charge in [-0.15, -0.1) is 0 Å². The van der Waals surface area contributed by atoms with E-state index in [9.17, 15) is 9.18 Å². The van der Waals surface area contributed by atoms with Gasteiger partial charge in [0.2, 0.25) is 0 Å². The van der Waals surface area contributed by atoms with Crippen LogP contribution in [0.1, 0.15) is 17.0 Å². The lowest BCUT2D eigenvalue weighted by atomic mass is 10.2. The van der Waals surface area contributed by atoms with Crippen molar-refractivity contribution in [3.8, 4) is 5.75 Å². The van der Waals surface area contributed by atoms with Crippen LogP contribution in [0.4, 0.5) is 4.39 Å². The van der Waals surface area contributed by atoms with Gasteiger partial charge in [-0.25, -0.2) is 9.37 Å². The minimum Gasteiger partial charge on any atom is -0.488 e. The average molecular weight is 466 g/mol. The number of aryl methyl sites for hydroxylation is 1. The Bertz CT molecular complexity index is 1300. The number of fused-ring (bicyclic) bond motifs is 1. The van der Waals surface area contributed by atoms with Gasteiger partial charge < -0.3 is 4.74 Å². The first-order valence-electron chi connectivity index (χ1n) is 9.21. The maximum atomic E-state index is 13.1. The molecule has 150 valence electrons. The molecule has 4 rings (SSSR count). The molecule has 0 fully saturated rings. The number of aromatic nitrogens is 2. The molecule has 0 radical (unpaired) electrons. The summed E-state index contributed by atoms with van der Waals surface area (Å²) in [5.74, 6) is 0.798. The first-order valence-corrected chi connectivity index (χ1v) is 10.00. The minimum absolute atomic E-state index is 0.250. The summed E-state index contributed by atoms with van der Waals surface area (Å²) in [4.78, 5) is 17.3. The maximum Gasteiger partial charge on any atom is 0.282 e. The zero-order valence-corrected chi connectivity index (χ0v) is 17.6. The van der Waals surface area contributed by atoms with E-state index in [1.807, 2.05) is 30.3 Å². The number of ether oxygens (including phenoxy) is 1. The third-order valence-corrected chi connectivity index (χ3v) is 5.00. The van der Waals surface area contributed by atoms with E-state index in [0.29, 0.717) is 28.0 Å². The van der Waals surface area contributed by atoms with Gasteiger partial charge in [-0.1, -0.05) is 40.2 Å². The topological polar surface area (TPSA) is 56.5 Å². The predicted molar refractivity (Wildman–Crippen MR) is 119 cm³/mol. The van der Waals surface area contributed by atoms with E-state index in [-0.39, 0.29) is 18.0 Å². The van der Waals surface area contributed by atoms with Gasteiger partial charge >= 0.3 is 0 Å². The summed E-state index contributed by atoms with van der Waals surface area (Å²) in [7, 11) is 0. The highest BCUT2D eigenvalue weighted by atomic mass is 79.9. The number of rotatable bonds is 5. The first kappa shape index (κ1) is 20.0. The van der Waals surface area contributed by atoms with Crippen molar-refractivity contribution in [2.75, 3.05) is 0 Å². The molecule has 0 aliphatic heterocycles. The van der Waals surface area contributed by atoms with E-state index < -0.39 is 0 Å². The highest BCUT2D eigenvalue weighted by molar-refractivity contribution is 9.10. The van der Waals surface area contributed by atoms with Gasteiger partial charge in [-0.3, -0.25) is 4.79 Å². The number of para-hydroxylation sites is 1. The van der Waals surface area contributed by atoms with Crippen molar-refractivity contribution >= 4 is 33.0 Å². The second-order valence-corrected chi connectivity index (χ2v) is 7.55. The zero-order chi connectivity index (χ0) is 21.1. The predicted octanol–water partition coefficient (Wildman–Crippen LogP) is 5.07. The van der Waals surface area contributed by atoms with Gasteiger partial charge in [0.15, 0.2) is 0 Å². The average Bonchev–Trinajstić information content (AvgIpc) is 2.74. The second kappa shape index (κ2) is 8.59. The van der Waals surface area contributed by atoms with E-state index in [1.54, 1.807) is 37.4 Å². The molecule has 0 saturated heterocycles. The van der Waals surface area contributed by atoms with Crippen LogP contribution in [0.5, 0.6) is 5.75 Å². The van der Waals surface area contributed by atoms with E-state index in [2.05, 4.69) is 26.0 Å². The van der Waals surface area contributed by atoms with Crippen molar-refractivity contribution in [3.63, 3.8) is 0 Å². The van der Waals surface area contributed by atoms with Crippen molar-refractivity contribution in [1.82, 2.24) is 9.66 Å². The van der Waals surface area contributed by atoms with Crippen LogP contribution < -0.4 is 10.3 Å². The molecule has 7 heteroatoms. The van der Waals surface area contributed by atoms with Crippen LogP contribution in [0.25, 0.3) is 10.9 Å². The van der Waals surface area contributed by atoms with Crippen molar-refractivity contribution < 1.29 is 9.13 Å². The van der Waals surface area contributed by atoms with Gasteiger partial charge in [0.05, 0.1) is 17.1 Å². The maximum absolute atomic E-state index is 13.1. The molecule has 0 aliphatic carbocycles. The Labute approximate surface area is 180 Å². The molecule has 30 heavy (non-hydrogen) atoms. The highest BCUT2D eigenvalue weighted by Crippen LogP contribution is 2.19. The molecule has 0 N–H and O–H groups in total. The molecule has 0 atom stereocenters. The van der Waals surface area contributed by atoms with Gasteiger partial charge in [0.25, 0.3) is 5.56 Å². The molecule has 0 aliphatic rings. The van der Waals surface area contributed by atoms with E-state index in [0.717, 1.165) is 10.0 Å². The van der Waals surface area contributed by atoms with Gasteiger partial charge in [-0.05, 0) is 55.0 Å². The highest BCUT2D eigenvalue weighted by Gasteiger charge is 2.08. The normalized spacial score (nSPS) is 11.3. The number of halogens is 2. The molecule has 0 amide bonds. The molecule has 1 heterocycles. The van der Waals surface area contributed by atoms with Crippen LogP contribution in [0.2, 0.25) is 0 Å². The fourth-order valence-corrected chi connectivity index (χ4v) is 3.34. The molecular formula is C23H17BrFN3O2.